The van der Waals surface area contributed by atoms with Crippen molar-refractivity contribution in [1.82, 2.24) is 9.97 Å². The zero-order valence-corrected chi connectivity index (χ0v) is 7.56. The minimum atomic E-state index is 0.393. The number of nitrogen functional groups attached to an aromatic ring is 1. The van der Waals surface area contributed by atoms with Gasteiger partial charge in [0.25, 0.3) is 0 Å². The summed E-state index contributed by atoms with van der Waals surface area (Å²) in [4.78, 5) is 7.76. The summed E-state index contributed by atoms with van der Waals surface area (Å²) < 4.78 is 10.1. The lowest BCUT2D eigenvalue weighted by molar-refractivity contribution is 0.170. The van der Waals surface area contributed by atoms with Gasteiger partial charge in [0, 0.05) is 20.1 Å². The lowest BCUT2D eigenvalue weighted by atomic mass is 10.5. The molecule has 1 heterocycles. The van der Waals surface area contributed by atoms with Crippen molar-refractivity contribution in [3.05, 3.63) is 12.4 Å². The van der Waals surface area contributed by atoms with Crippen LogP contribution < -0.4 is 10.5 Å². The van der Waals surface area contributed by atoms with Crippen molar-refractivity contribution in [3.8, 4) is 5.88 Å². The predicted molar refractivity (Wildman–Crippen MR) is 48.4 cm³/mol. The quantitative estimate of drug-likeness (QED) is 0.672. The summed E-state index contributed by atoms with van der Waals surface area (Å²) >= 11 is 0. The highest BCUT2D eigenvalue weighted by Crippen LogP contribution is 2.04. The second-order valence-electron chi connectivity index (χ2n) is 2.47. The van der Waals surface area contributed by atoms with Gasteiger partial charge in [-0.3, -0.25) is 0 Å². The van der Waals surface area contributed by atoms with Crippen molar-refractivity contribution < 1.29 is 9.47 Å². The van der Waals surface area contributed by atoms with Crippen molar-refractivity contribution >= 4 is 5.82 Å². The van der Waals surface area contributed by atoms with E-state index < -0.39 is 0 Å². The first kappa shape index (κ1) is 9.73. The van der Waals surface area contributed by atoms with Gasteiger partial charge >= 0.3 is 0 Å². The first-order valence-corrected chi connectivity index (χ1v) is 4.02. The molecule has 1 aromatic heterocycles. The fourth-order valence-electron chi connectivity index (χ4n) is 0.781. The molecule has 1 rings (SSSR count). The van der Waals surface area contributed by atoms with E-state index in [0.717, 1.165) is 6.42 Å². The Morgan fingerprint density at radius 3 is 2.77 bits per heavy atom. The number of nitrogens with zero attached hydrogens (tertiary/aromatic N) is 2. The van der Waals surface area contributed by atoms with Crippen LogP contribution in [0.4, 0.5) is 5.82 Å². The monoisotopic (exact) mass is 183 g/mol. The van der Waals surface area contributed by atoms with Crippen LogP contribution in [-0.4, -0.2) is 30.3 Å². The van der Waals surface area contributed by atoms with E-state index in [4.69, 9.17) is 15.2 Å². The zero-order valence-electron chi connectivity index (χ0n) is 7.56. The van der Waals surface area contributed by atoms with Crippen LogP contribution in [0.25, 0.3) is 0 Å². The molecule has 0 aliphatic heterocycles. The summed E-state index contributed by atoms with van der Waals surface area (Å²) in [6, 6.07) is 0. The van der Waals surface area contributed by atoms with E-state index >= 15 is 0 Å². The molecular weight excluding hydrogens is 170 g/mol. The van der Waals surface area contributed by atoms with Crippen LogP contribution in [0, 0.1) is 0 Å². The molecule has 1 aromatic rings. The fourth-order valence-corrected chi connectivity index (χ4v) is 0.781. The SMILES string of the molecule is COCCCOc1cnc(N)cn1. The van der Waals surface area contributed by atoms with E-state index in [1.807, 2.05) is 0 Å². The molecule has 0 fully saturated rings. The summed E-state index contributed by atoms with van der Waals surface area (Å²) in [6.07, 6.45) is 3.80. The Kier molecular flexibility index (Phi) is 3.98. The van der Waals surface area contributed by atoms with Crippen LogP contribution in [-0.2, 0) is 4.74 Å². The highest BCUT2D eigenvalue weighted by Gasteiger charge is 1.94. The van der Waals surface area contributed by atoms with Gasteiger partial charge in [0.2, 0.25) is 5.88 Å². The third kappa shape index (κ3) is 3.71. The number of nitrogens with two attached hydrogens (primary N) is 1. The summed E-state index contributed by atoms with van der Waals surface area (Å²) in [7, 11) is 1.66. The highest BCUT2D eigenvalue weighted by atomic mass is 16.5. The van der Waals surface area contributed by atoms with Gasteiger partial charge in [-0.1, -0.05) is 0 Å². The highest BCUT2D eigenvalue weighted by molar-refractivity contribution is 5.24. The van der Waals surface area contributed by atoms with Gasteiger partial charge in [-0.05, 0) is 0 Å². The predicted octanol–water partition coefficient (Wildman–Crippen LogP) is 0.474. The molecule has 0 amide bonds. The van der Waals surface area contributed by atoms with Crippen LogP contribution in [0.1, 0.15) is 6.42 Å². The third-order valence-electron chi connectivity index (χ3n) is 1.39. The molecule has 0 unspecified atom stereocenters. The molecule has 0 atom stereocenters. The minimum Gasteiger partial charge on any atom is -0.476 e. The Morgan fingerprint density at radius 2 is 2.15 bits per heavy atom. The molecule has 0 spiro atoms. The number of rotatable bonds is 5. The maximum atomic E-state index is 5.35. The number of hydrogen-bond acceptors (Lipinski definition) is 5. The second kappa shape index (κ2) is 5.31. The Hall–Kier alpha value is -1.36. The van der Waals surface area contributed by atoms with Crippen molar-refractivity contribution in [2.24, 2.45) is 0 Å². The first-order valence-electron chi connectivity index (χ1n) is 4.02. The molecule has 5 nitrogen and oxygen atoms in total. The lowest BCUT2D eigenvalue weighted by Crippen LogP contribution is -2.03. The van der Waals surface area contributed by atoms with E-state index in [0.29, 0.717) is 24.9 Å². The average molecular weight is 183 g/mol. The van der Waals surface area contributed by atoms with Gasteiger partial charge in [-0.15, -0.1) is 0 Å². The molecule has 0 radical (unpaired) electrons. The Morgan fingerprint density at radius 1 is 1.31 bits per heavy atom. The van der Waals surface area contributed by atoms with Gasteiger partial charge < -0.3 is 15.2 Å². The van der Waals surface area contributed by atoms with E-state index in [9.17, 15) is 0 Å². The summed E-state index contributed by atoms with van der Waals surface area (Å²) in [5, 5.41) is 0. The van der Waals surface area contributed by atoms with Crippen molar-refractivity contribution in [1.29, 1.82) is 0 Å². The standard InChI is InChI=1S/C8H13N3O2/c1-12-3-2-4-13-8-6-10-7(9)5-11-8/h5-6H,2-4H2,1H3,(H2,9,10). The zero-order chi connectivity index (χ0) is 9.52. The normalized spacial score (nSPS) is 9.92. The molecule has 0 saturated carbocycles. The topological polar surface area (TPSA) is 70.3 Å². The Balaban J connectivity index is 2.25. The maximum Gasteiger partial charge on any atom is 0.232 e. The van der Waals surface area contributed by atoms with Gasteiger partial charge in [-0.25, -0.2) is 9.97 Å². The van der Waals surface area contributed by atoms with E-state index in [-0.39, 0.29) is 0 Å². The number of aromatic nitrogens is 2. The van der Waals surface area contributed by atoms with Crippen molar-refractivity contribution in [2.75, 3.05) is 26.1 Å². The average Bonchev–Trinajstić information content (AvgIpc) is 2.15. The molecule has 0 aromatic carbocycles. The van der Waals surface area contributed by atoms with E-state index in [2.05, 4.69) is 9.97 Å². The van der Waals surface area contributed by atoms with E-state index in [1.54, 1.807) is 7.11 Å². The van der Waals surface area contributed by atoms with Crippen LogP contribution in [0.2, 0.25) is 0 Å². The lowest BCUT2D eigenvalue weighted by Gasteiger charge is -2.03. The minimum absolute atomic E-state index is 0.393. The van der Waals surface area contributed by atoms with Crippen LogP contribution in [0.3, 0.4) is 0 Å². The molecule has 5 heteroatoms. The third-order valence-corrected chi connectivity index (χ3v) is 1.39. The fraction of sp³-hybridized carbons (Fsp3) is 0.500. The smallest absolute Gasteiger partial charge is 0.232 e. The van der Waals surface area contributed by atoms with Crippen LogP contribution in [0.5, 0.6) is 5.88 Å². The molecular formula is C8H13N3O2. The molecule has 2 N–H and O–H groups in total. The van der Waals surface area contributed by atoms with Crippen molar-refractivity contribution in [2.45, 2.75) is 6.42 Å². The van der Waals surface area contributed by atoms with Gasteiger partial charge in [0.15, 0.2) is 0 Å². The van der Waals surface area contributed by atoms with Gasteiger partial charge in [0.1, 0.15) is 5.82 Å². The van der Waals surface area contributed by atoms with Gasteiger partial charge in [0.05, 0.1) is 19.0 Å². The summed E-state index contributed by atoms with van der Waals surface area (Å²) in [5.74, 6) is 0.884. The molecule has 0 aliphatic carbocycles. The maximum absolute atomic E-state index is 5.35. The number of methoxy groups -OCH3 is 1. The van der Waals surface area contributed by atoms with Gasteiger partial charge in [-0.2, -0.15) is 0 Å². The summed E-state index contributed by atoms with van der Waals surface area (Å²) in [6.45, 7) is 1.26. The Labute approximate surface area is 76.9 Å². The second-order valence-corrected chi connectivity index (χ2v) is 2.47. The number of anilines is 1. The number of ether oxygens (including phenoxy) is 2. The van der Waals surface area contributed by atoms with Crippen molar-refractivity contribution in [3.63, 3.8) is 0 Å². The van der Waals surface area contributed by atoms with Crippen LogP contribution in [0.15, 0.2) is 12.4 Å². The van der Waals surface area contributed by atoms with E-state index in [1.165, 1.54) is 12.4 Å². The Bertz CT molecular complexity index is 238. The molecule has 0 bridgehead atoms. The van der Waals surface area contributed by atoms with Crippen LogP contribution >= 0.6 is 0 Å². The molecule has 72 valence electrons. The number of hydrogen-bond donors (Lipinski definition) is 1. The molecule has 13 heavy (non-hydrogen) atoms. The summed E-state index contributed by atoms with van der Waals surface area (Å²) in [5.41, 5.74) is 5.35. The molecule has 0 aliphatic rings. The largest absolute Gasteiger partial charge is 0.476 e. The molecule has 0 saturated heterocycles. The first-order chi connectivity index (χ1) is 6.33.